The first-order chi connectivity index (χ1) is 18.5. The maximum Gasteiger partial charge on any atom is 0.262 e. The van der Waals surface area contributed by atoms with Crippen molar-refractivity contribution >= 4 is 54.9 Å². The molecule has 0 aliphatic carbocycles. The van der Waals surface area contributed by atoms with E-state index in [9.17, 15) is 22.4 Å². The second-order valence-corrected chi connectivity index (χ2v) is 13.2. The summed E-state index contributed by atoms with van der Waals surface area (Å²) in [6, 6.07) is 11.9. The number of thiophene rings is 1. The zero-order valence-electron chi connectivity index (χ0n) is 21.6. The van der Waals surface area contributed by atoms with Gasteiger partial charge in [0.25, 0.3) is 5.91 Å². The quantitative estimate of drug-likeness (QED) is 0.305. The third-order valence-electron chi connectivity index (χ3n) is 6.52. The molecule has 1 aromatic heterocycles. The Bertz CT molecular complexity index is 1410. The summed E-state index contributed by atoms with van der Waals surface area (Å²) in [5, 5.41) is 6.51. The molecule has 1 fully saturated rings. The molecule has 0 radical (unpaired) electrons. The smallest absolute Gasteiger partial charge is 0.262 e. The van der Waals surface area contributed by atoms with Gasteiger partial charge < -0.3 is 15.4 Å². The number of fused-ring (bicyclic) bond motifs is 1. The van der Waals surface area contributed by atoms with Crippen LogP contribution in [0.5, 0.6) is 0 Å². The molecule has 0 unspecified atom stereocenters. The van der Waals surface area contributed by atoms with Gasteiger partial charge >= 0.3 is 0 Å². The Hall–Kier alpha value is -2.57. The van der Waals surface area contributed by atoms with Gasteiger partial charge in [0.15, 0.2) is 0 Å². The Morgan fingerprint density at radius 2 is 1.92 bits per heavy atom. The first-order valence-corrected chi connectivity index (χ1v) is 15.3. The van der Waals surface area contributed by atoms with Crippen LogP contribution in [0.3, 0.4) is 0 Å². The van der Waals surface area contributed by atoms with Crippen molar-refractivity contribution in [2.24, 2.45) is 11.8 Å². The number of halogens is 2. The van der Waals surface area contributed by atoms with Gasteiger partial charge in [0.2, 0.25) is 15.9 Å². The highest BCUT2D eigenvalue weighted by Gasteiger charge is 2.32. The molecular formula is C27H31ClFN3O5S2. The van der Waals surface area contributed by atoms with Gasteiger partial charge in [0, 0.05) is 30.3 Å². The Labute approximate surface area is 236 Å². The molecule has 2 heterocycles. The van der Waals surface area contributed by atoms with Gasteiger partial charge in [-0.15, -0.1) is 11.3 Å². The summed E-state index contributed by atoms with van der Waals surface area (Å²) in [6.45, 7) is 4.59. The van der Waals surface area contributed by atoms with E-state index in [0.29, 0.717) is 24.3 Å². The molecule has 4 rings (SSSR count). The number of sulfonamides is 1. The molecule has 8 nitrogen and oxygen atoms in total. The number of hydrogen-bond donors (Lipinski definition) is 3. The third-order valence-corrected chi connectivity index (χ3v) is 9.54. The van der Waals surface area contributed by atoms with E-state index in [1.165, 1.54) is 11.3 Å². The average Bonchev–Trinajstić information content (AvgIpc) is 3.52. The topological polar surface area (TPSA) is 114 Å². The summed E-state index contributed by atoms with van der Waals surface area (Å²) in [4.78, 5) is 26.4. The summed E-state index contributed by atoms with van der Waals surface area (Å²) in [7, 11) is -3.96. The molecule has 1 aliphatic heterocycles. The van der Waals surface area contributed by atoms with Crippen LogP contribution in [-0.2, 0) is 19.6 Å². The molecule has 1 saturated heterocycles. The fourth-order valence-corrected chi connectivity index (χ4v) is 7.08. The van der Waals surface area contributed by atoms with Gasteiger partial charge in [0.1, 0.15) is 16.8 Å². The van der Waals surface area contributed by atoms with E-state index in [1.807, 2.05) is 44.2 Å². The molecule has 39 heavy (non-hydrogen) atoms. The zero-order valence-corrected chi connectivity index (χ0v) is 24.0. The number of carbonyl (C=O) groups is 2. The van der Waals surface area contributed by atoms with Crippen LogP contribution < -0.4 is 15.4 Å². The second-order valence-electron chi connectivity index (χ2n) is 9.93. The van der Waals surface area contributed by atoms with Crippen LogP contribution in [0.25, 0.3) is 10.1 Å². The Balaban J connectivity index is 1.34. The molecule has 0 saturated carbocycles. The van der Waals surface area contributed by atoms with Gasteiger partial charge in [-0.2, -0.15) is 0 Å². The number of carbonyl (C=O) groups excluding carboxylic acids is 2. The van der Waals surface area contributed by atoms with Gasteiger partial charge in [-0.3, -0.25) is 9.59 Å². The third kappa shape index (κ3) is 7.55. The fraction of sp³-hybridized carbons (Fsp3) is 0.407. The molecule has 210 valence electrons. The Morgan fingerprint density at radius 1 is 1.15 bits per heavy atom. The fourth-order valence-electron chi connectivity index (χ4n) is 4.49. The lowest BCUT2D eigenvalue weighted by molar-refractivity contribution is -0.124. The molecule has 0 spiro atoms. The first-order valence-electron chi connectivity index (χ1n) is 12.7. The monoisotopic (exact) mass is 595 g/mol. The van der Waals surface area contributed by atoms with Crippen LogP contribution in [0.2, 0.25) is 5.02 Å². The van der Waals surface area contributed by atoms with Gasteiger partial charge in [0.05, 0.1) is 16.0 Å². The predicted octanol–water partition coefficient (Wildman–Crippen LogP) is 4.34. The van der Waals surface area contributed by atoms with Crippen LogP contribution in [0.15, 0.2) is 53.4 Å². The van der Waals surface area contributed by atoms with E-state index < -0.39 is 28.0 Å². The van der Waals surface area contributed by atoms with E-state index in [1.54, 1.807) is 0 Å². The van der Waals surface area contributed by atoms with Crippen molar-refractivity contribution in [2.75, 3.05) is 19.7 Å². The second kappa shape index (κ2) is 12.7. The van der Waals surface area contributed by atoms with Crippen LogP contribution >= 0.6 is 22.9 Å². The van der Waals surface area contributed by atoms with Crippen molar-refractivity contribution in [3.05, 3.63) is 64.2 Å². The molecule has 2 amide bonds. The van der Waals surface area contributed by atoms with Crippen molar-refractivity contribution < 1.29 is 27.1 Å². The summed E-state index contributed by atoms with van der Waals surface area (Å²) < 4.78 is 48.0. The molecule has 12 heteroatoms. The summed E-state index contributed by atoms with van der Waals surface area (Å²) in [5.74, 6) is -1.30. The highest BCUT2D eigenvalue weighted by molar-refractivity contribution is 7.89. The van der Waals surface area contributed by atoms with Crippen molar-refractivity contribution in [3.63, 3.8) is 0 Å². The van der Waals surface area contributed by atoms with Crippen molar-refractivity contribution in [3.8, 4) is 0 Å². The van der Waals surface area contributed by atoms with Crippen LogP contribution in [0.4, 0.5) is 4.39 Å². The van der Waals surface area contributed by atoms with Crippen LogP contribution in [-0.4, -0.2) is 52.1 Å². The standard InChI is InChI=1S/C27H31ClFN3O5S2/c1-16(2)11-21(32-27(34)24-12-17-5-3-4-6-23(17)38-24)26(33)30-15-22-18(9-10-37-22)14-31-39(35,36)25-8-7-19(29)13-20(25)28/h3-8,12-13,16,18,21-22,31H,9-11,14-15H2,1-2H3,(H,30,33)(H,32,34)/t18-,21+,22-/m1/s1. The highest BCUT2D eigenvalue weighted by atomic mass is 35.5. The highest BCUT2D eigenvalue weighted by Crippen LogP contribution is 2.26. The molecule has 2 aromatic carbocycles. The SMILES string of the molecule is CC(C)C[C@H](NC(=O)c1cc2ccccc2s1)C(=O)NC[C@H]1OCC[C@@H]1CNS(=O)(=O)c1ccc(F)cc1Cl. The maximum atomic E-state index is 13.3. The molecule has 3 N–H and O–H groups in total. The average molecular weight is 596 g/mol. The van der Waals surface area contributed by atoms with Crippen molar-refractivity contribution in [1.29, 1.82) is 0 Å². The van der Waals surface area contributed by atoms with Gasteiger partial charge in [-0.25, -0.2) is 17.5 Å². The minimum absolute atomic E-state index is 0.0642. The predicted molar refractivity (Wildman–Crippen MR) is 150 cm³/mol. The Kier molecular flexibility index (Phi) is 9.60. The van der Waals surface area contributed by atoms with Crippen LogP contribution in [0, 0.1) is 17.7 Å². The molecule has 3 aromatic rings. The molecule has 3 atom stereocenters. The zero-order chi connectivity index (χ0) is 28.2. The number of nitrogens with one attached hydrogen (secondary N) is 3. The largest absolute Gasteiger partial charge is 0.376 e. The lowest BCUT2D eigenvalue weighted by Gasteiger charge is -2.23. The molecular weight excluding hydrogens is 565 g/mol. The van der Waals surface area contributed by atoms with Crippen LogP contribution in [0.1, 0.15) is 36.4 Å². The molecule has 0 bridgehead atoms. The lowest BCUT2D eigenvalue weighted by atomic mass is 10.0. The number of rotatable bonds is 11. The Morgan fingerprint density at radius 3 is 2.64 bits per heavy atom. The summed E-state index contributed by atoms with van der Waals surface area (Å²) in [6.07, 6.45) is 0.631. The lowest BCUT2D eigenvalue weighted by Crippen LogP contribution is -2.49. The maximum absolute atomic E-state index is 13.3. The van der Waals surface area contributed by atoms with E-state index in [-0.39, 0.29) is 46.7 Å². The summed E-state index contributed by atoms with van der Waals surface area (Å²) >= 11 is 7.30. The van der Waals surface area contributed by atoms with Gasteiger partial charge in [-0.05, 0) is 54.5 Å². The number of ether oxygens (including phenoxy) is 1. The van der Waals surface area contributed by atoms with Gasteiger partial charge in [-0.1, -0.05) is 43.6 Å². The van der Waals surface area contributed by atoms with E-state index in [4.69, 9.17) is 16.3 Å². The van der Waals surface area contributed by atoms with E-state index >= 15 is 0 Å². The summed E-state index contributed by atoms with van der Waals surface area (Å²) in [5.41, 5.74) is 0. The number of hydrogen-bond acceptors (Lipinski definition) is 6. The van der Waals surface area contributed by atoms with E-state index in [0.717, 1.165) is 28.3 Å². The number of benzene rings is 2. The molecule has 1 aliphatic rings. The minimum atomic E-state index is -3.96. The number of amides is 2. The first kappa shape index (κ1) is 29.4. The van der Waals surface area contributed by atoms with E-state index in [2.05, 4.69) is 15.4 Å². The minimum Gasteiger partial charge on any atom is -0.376 e. The van der Waals surface area contributed by atoms with Crippen molar-refractivity contribution in [2.45, 2.75) is 43.7 Å². The van der Waals surface area contributed by atoms with Crippen molar-refractivity contribution in [1.82, 2.24) is 15.4 Å². The normalized spacial score (nSPS) is 18.4.